The van der Waals surface area contributed by atoms with Gasteiger partial charge in [0.25, 0.3) is 5.91 Å². The third-order valence-electron chi connectivity index (χ3n) is 6.86. The van der Waals surface area contributed by atoms with Crippen LogP contribution in [-0.4, -0.2) is 62.4 Å². The molecule has 0 radical (unpaired) electrons. The Morgan fingerprint density at radius 1 is 1.24 bits per heavy atom. The van der Waals surface area contributed by atoms with Crippen molar-refractivity contribution < 1.29 is 17.9 Å². The molecule has 4 aromatic rings. The van der Waals surface area contributed by atoms with E-state index < -0.39 is 14.8 Å². The third kappa shape index (κ3) is 4.13. The molecule has 0 unspecified atom stereocenters. The molecule has 14 heteroatoms. The lowest BCUT2D eigenvalue weighted by Crippen LogP contribution is -2.34. The fourth-order valence-electron chi connectivity index (χ4n) is 4.64. The molecule has 1 atom stereocenters. The Morgan fingerprint density at radius 3 is 2.82 bits per heavy atom. The molecular formula is C24H24ClN7O4S2. The summed E-state index contributed by atoms with van der Waals surface area (Å²) >= 11 is 7.45. The number of rotatable bonds is 4. The summed E-state index contributed by atoms with van der Waals surface area (Å²) in [4.78, 5) is 30.7. The fraction of sp³-hybridized carbons (Fsp3) is 0.375. The van der Waals surface area contributed by atoms with Gasteiger partial charge in [-0.15, -0.1) is 11.3 Å². The molecule has 2 aliphatic heterocycles. The molecule has 11 nitrogen and oxygen atoms in total. The summed E-state index contributed by atoms with van der Waals surface area (Å²) in [5.41, 5.74) is 2.41. The number of anilines is 1. The minimum atomic E-state index is -3.50. The molecule has 1 fully saturated rings. The molecule has 5 heterocycles. The van der Waals surface area contributed by atoms with Crippen molar-refractivity contribution >= 4 is 65.7 Å². The maximum Gasteiger partial charge on any atom is 0.263 e. The summed E-state index contributed by atoms with van der Waals surface area (Å²) in [6, 6.07) is 3.72. The summed E-state index contributed by atoms with van der Waals surface area (Å²) in [7, 11) is -3.50. The normalized spacial score (nSPS) is 20.6. The maximum absolute atomic E-state index is 12.9. The van der Waals surface area contributed by atoms with Gasteiger partial charge in [0.15, 0.2) is 0 Å². The molecule has 38 heavy (non-hydrogen) atoms. The largest absolute Gasteiger partial charge is 0.418 e. The second-order valence-corrected chi connectivity index (χ2v) is 14.0. The lowest BCUT2D eigenvalue weighted by atomic mass is 10.1. The highest BCUT2D eigenvalue weighted by Crippen LogP contribution is 2.41. The third-order valence-corrected chi connectivity index (χ3v) is 10.8. The van der Waals surface area contributed by atoms with Crippen molar-refractivity contribution in [1.29, 1.82) is 0 Å². The summed E-state index contributed by atoms with van der Waals surface area (Å²) < 4.78 is 33.3. The molecule has 1 aromatic carbocycles. The Bertz CT molecular complexity index is 1720. The average Bonchev–Trinajstić information content (AvgIpc) is 3.28. The van der Waals surface area contributed by atoms with Crippen LogP contribution >= 0.6 is 22.9 Å². The van der Waals surface area contributed by atoms with Crippen molar-refractivity contribution in [3.63, 3.8) is 0 Å². The van der Waals surface area contributed by atoms with E-state index in [0.717, 1.165) is 15.8 Å². The van der Waals surface area contributed by atoms with Gasteiger partial charge in [-0.1, -0.05) is 0 Å². The Labute approximate surface area is 227 Å². The second-order valence-electron chi connectivity index (χ2n) is 10.00. The van der Waals surface area contributed by atoms with E-state index in [1.54, 1.807) is 13.8 Å². The Hall–Kier alpha value is -3.13. The summed E-state index contributed by atoms with van der Waals surface area (Å²) in [6.07, 6.45) is 3.45. The molecule has 2 N–H and O–H groups in total. The Kier molecular flexibility index (Phi) is 5.94. The van der Waals surface area contributed by atoms with Gasteiger partial charge < -0.3 is 15.4 Å². The molecule has 1 amide bonds. The number of fused-ring (bicyclic) bond motifs is 5. The fourth-order valence-corrected chi connectivity index (χ4v) is 7.54. The van der Waals surface area contributed by atoms with Gasteiger partial charge >= 0.3 is 0 Å². The van der Waals surface area contributed by atoms with Crippen LogP contribution in [0, 0.1) is 0 Å². The van der Waals surface area contributed by atoms with Gasteiger partial charge in [-0.3, -0.25) is 4.79 Å². The highest BCUT2D eigenvalue weighted by Gasteiger charge is 2.45. The van der Waals surface area contributed by atoms with Gasteiger partial charge in [0.2, 0.25) is 27.1 Å². The number of amides is 1. The Morgan fingerprint density at radius 2 is 2.05 bits per heavy atom. The van der Waals surface area contributed by atoms with Crippen LogP contribution in [0.5, 0.6) is 11.8 Å². The predicted octanol–water partition coefficient (Wildman–Crippen LogP) is 3.94. The number of carbonyl (C=O) groups excluding carboxylic acids is 1. The number of aromatic nitrogens is 4. The lowest BCUT2D eigenvalue weighted by Gasteiger charge is -2.21. The predicted molar refractivity (Wildman–Crippen MR) is 145 cm³/mol. The van der Waals surface area contributed by atoms with E-state index >= 15 is 0 Å². The van der Waals surface area contributed by atoms with E-state index in [0.29, 0.717) is 41.0 Å². The zero-order chi connectivity index (χ0) is 26.8. The Balaban J connectivity index is 1.35. The van der Waals surface area contributed by atoms with E-state index in [9.17, 15) is 13.2 Å². The van der Waals surface area contributed by atoms with Crippen LogP contribution in [-0.2, 0) is 16.6 Å². The molecule has 2 aliphatic rings. The van der Waals surface area contributed by atoms with Crippen LogP contribution in [0.25, 0.3) is 21.1 Å². The first-order chi connectivity index (χ1) is 18.0. The van der Waals surface area contributed by atoms with Crippen LogP contribution in [0.4, 0.5) is 5.69 Å². The van der Waals surface area contributed by atoms with Gasteiger partial charge in [-0.05, 0) is 50.9 Å². The smallest absolute Gasteiger partial charge is 0.263 e. The number of ether oxygens (including phenoxy) is 1. The topological polar surface area (TPSA) is 139 Å². The molecule has 6 rings (SSSR count). The average molecular weight is 574 g/mol. The van der Waals surface area contributed by atoms with E-state index in [1.165, 1.54) is 28.0 Å². The number of thiophene rings is 1. The first-order valence-corrected chi connectivity index (χ1v) is 14.6. The van der Waals surface area contributed by atoms with Gasteiger partial charge in [0, 0.05) is 47.5 Å². The number of halogens is 1. The van der Waals surface area contributed by atoms with Gasteiger partial charge in [-0.25, -0.2) is 23.4 Å². The van der Waals surface area contributed by atoms with Gasteiger partial charge in [-0.2, -0.15) is 9.29 Å². The van der Waals surface area contributed by atoms with Crippen molar-refractivity contribution in [2.45, 2.75) is 44.5 Å². The molecule has 1 saturated heterocycles. The standard InChI is InChI=1S/C24H24ClN7O4S2/c1-12-8-26-19-17-15(37-20(19)21(33)29-12)5-4-14-18(17)27-10-16(30-14)36-22-13(9-28-23(25)31-22)11-32-7-6-24(2,3)38(32,34)35/h4-5,9-10,12,26H,6-8,11H2,1-3H3,(H,29,33)/t12-/m1/s1. The van der Waals surface area contributed by atoms with Gasteiger partial charge in [0.1, 0.15) is 4.88 Å². The van der Waals surface area contributed by atoms with Crippen molar-refractivity contribution in [2.24, 2.45) is 0 Å². The quantitative estimate of drug-likeness (QED) is 0.347. The summed E-state index contributed by atoms with van der Waals surface area (Å²) in [5, 5.41) is 7.15. The number of hydrogen-bond donors (Lipinski definition) is 2. The first-order valence-electron chi connectivity index (χ1n) is 12.0. The molecule has 0 saturated carbocycles. The van der Waals surface area contributed by atoms with Crippen LogP contribution in [0.15, 0.2) is 24.5 Å². The molecule has 0 bridgehead atoms. The first kappa shape index (κ1) is 25.2. The lowest BCUT2D eigenvalue weighted by molar-refractivity contribution is 0.0949. The van der Waals surface area contributed by atoms with Crippen molar-refractivity contribution in [2.75, 3.05) is 18.4 Å². The number of carbonyl (C=O) groups is 1. The van der Waals surface area contributed by atoms with Crippen LogP contribution < -0.4 is 15.4 Å². The van der Waals surface area contributed by atoms with E-state index in [2.05, 4.69) is 30.6 Å². The molecule has 198 valence electrons. The summed E-state index contributed by atoms with van der Waals surface area (Å²) in [5.74, 6) is 0.158. The van der Waals surface area contributed by atoms with Gasteiger partial charge in [0.05, 0.1) is 27.7 Å². The van der Waals surface area contributed by atoms with Crippen LogP contribution in [0.2, 0.25) is 5.28 Å². The van der Waals surface area contributed by atoms with Crippen molar-refractivity contribution in [3.8, 4) is 11.8 Å². The number of nitrogens with zero attached hydrogens (tertiary/aromatic N) is 5. The zero-order valence-electron chi connectivity index (χ0n) is 20.8. The molecule has 0 aliphatic carbocycles. The van der Waals surface area contributed by atoms with E-state index in [1.807, 2.05) is 19.1 Å². The molecule has 0 spiro atoms. The van der Waals surface area contributed by atoms with Crippen molar-refractivity contribution in [3.05, 3.63) is 40.3 Å². The SMILES string of the molecule is C[C@@H]1CNc2c(sc3ccc4nc(Oc5nc(Cl)ncc5CN5CCC(C)(C)S5(=O)=O)cnc4c23)C(=O)N1. The molecular weight excluding hydrogens is 550 g/mol. The van der Waals surface area contributed by atoms with E-state index in [4.69, 9.17) is 16.3 Å². The summed E-state index contributed by atoms with van der Waals surface area (Å²) in [6.45, 7) is 6.41. The highest BCUT2D eigenvalue weighted by atomic mass is 35.5. The number of sulfonamides is 1. The maximum atomic E-state index is 12.9. The number of nitrogens with one attached hydrogen (secondary N) is 2. The number of benzene rings is 1. The minimum absolute atomic E-state index is 0.00582. The van der Waals surface area contributed by atoms with Crippen LogP contribution in [0.1, 0.15) is 42.4 Å². The minimum Gasteiger partial charge on any atom is -0.418 e. The second kappa shape index (κ2) is 8.97. The number of hydrogen-bond acceptors (Lipinski definition) is 10. The van der Waals surface area contributed by atoms with Crippen LogP contribution in [0.3, 0.4) is 0 Å². The highest BCUT2D eigenvalue weighted by molar-refractivity contribution is 7.90. The van der Waals surface area contributed by atoms with E-state index in [-0.39, 0.29) is 35.5 Å². The monoisotopic (exact) mass is 573 g/mol. The molecule has 3 aromatic heterocycles. The van der Waals surface area contributed by atoms with Crippen molar-refractivity contribution in [1.82, 2.24) is 29.6 Å². The zero-order valence-corrected chi connectivity index (χ0v) is 23.2.